The Balaban J connectivity index is 1.75. The number of nitrogens with one attached hydrogen (secondary N) is 1. The third-order valence-electron chi connectivity index (χ3n) is 4.42. The van der Waals surface area contributed by atoms with Gasteiger partial charge in [-0.1, -0.05) is 12.8 Å². The Hall–Kier alpha value is -0.120. The number of aliphatic hydroxyl groups is 2. The molecule has 2 unspecified atom stereocenters. The van der Waals surface area contributed by atoms with E-state index in [1.165, 1.54) is 25.7 Å². The molecule has 2 saturated carbocycles. The quantitative estimate of drug-likeness (QED) is 0.678. The van der Waals surface area contributed by atoms with Gasteiger partial charge in [-0.2, -0.15) is 0 Å². The van der Waals surface area contributed by atoms with Crippen molar-refractivity contribution >= 4 is 0 Å². The molecule has 0 bridgehead atoms. The average molecular weight is 227 g/mol. The van der Waals surface area contributed by atoms with Crippen molar-refractivity contribution in [2.24, 2.45) is 11.8 Å². The second-order valence-electron chi connectivity index (χ2n) is 5.50. The zero-order valence-electron chi connectivity index (χ0n) is 10.1. The Kier molecular flexibility index (Phi) is 4.62. The molecular formula is C13H25NO2. The molecule has 0 spiro atoms. The summed E-state index contributed by atoms with van der Waals surface area (Å²) in [5.74, 6) is 1.10. The summed E-state index contributed by atoms with van der Waals surface area (Å²) < 4.78 is 0. The summed E-state index contributed by atoms with van der Waals surface area (Å²) in [6.45, 7) is 1.31. The van der Waals surface area contributed by atoms with E-state index >= 15 is 0 Å². The molecule has 0 amide bonds. The Morgan fingerprint density at radius 3 is 2.31 bits per heavy atom. The van der Waals surface area contributed by atoms with Gasteiger partial charge in [-0.15, -0.1) is 0 Å². The lowest BCUT2D eigenvalue weighted by molar-refractivity contribution is 0.115. The first-order chi connectivity index (χ1) is 7.81. The van der Waals surface area contributed by atoms with E-state index < -0.39 is 0 Å². The third-order valence-corrected chi connectivity index (χ3v) is 4.42. The first-order valence-corrected chi connectivity index (χ1v) is 6.83. The van der Waals surface area contributed by atoms with Gasteiger partial charge in [0, 0.05) is 12.6 Å². The summed E-state index contributed by atoms with van der Waals surface area (Å²) >= 11 is 0. The maximum atomic E-state index is 9.73. The molecule has 0 aromatic heterocycles. The maximum absolute atomic E-state index is 9.73. The van der Waals surface area contributed by atoms with Gasteiger partial charge < -0.3 is 15.5 Å². The molecule has 0 radical (unpaired) electrons. The van der Waals surface area contributed by atoms with E-state index in [4.69, 9.17) is 0 Å². The highest BCUT2D eigenvalue weighted by molar-refractivity contribution is 4.85. The smallest absolute Gasteiger partial charge is 0.0693 e. The van der Waals surface area contributed by atoms with E-state index in [0.29, 0.717) is 24.5 Å². The van der Waals surface area contributed by atoms with Gasteiger partial charge in [0.25, 0.3) is 0 Å². The second kappa shape index (κ2) is 5.99. The van der Waals surface area contributed by atoms with Crippen molar-refractivity contribution in [2.75, 3.05) is 13.2 Å². The van der Waals surface area contributed by atoms with Crippen molar-refractivity contribution < 1.29 is 10.2 Å². The molecule has 2 aliphatic rings. The van der Waals surface area contributed by atoms with Gasteiger partial charge in [-0.25, -0.2) is 0 Å². The monoisotopic (exact) mass is 227 g/mol. The summed E-state index contributed by atoms with van der Waals surface area (Å²) in [7, 11) is 0. The zero-order chi connectivity index (χ0) is 11.4. The van der Waals surface area contributed by atoms with Crippen LogP contribution >= 0.6 is 0 Å². The average Bonchev–Trinajstić information content (AvgIpc) is 2.72. The Bertz CT molecular complexity index is 210. The molecule has 2 fully saturated rings. The normalized spacial score (nSPS) is 40.1. The number of hydrogen-bond acceptors (Lipinski definition) is 3. The predicted octanol–water partition coefficient (Wildman–Crippen LogP) is 1.29. The van der Waals surface area contributed by atoms with Crippen molar-refractivity contribution in [1.82, 2.24) is 5.32 Å². The largest absolute Gasteiger partial charge is 0.396 e. The molecule has 0 aromatic rings. The van der Waals surface area contributed by atoms with E-state index in [1.54, 1.807) is 0 Å². The molecule has 4 atom stereocenters. The van der Waals surface area contributed by atoms with Crippen LogP contribution in [0.4, 0.5) is 0 Å². The first kappa shape index (κ1) is 12.3. The van der Waals surface area contributed by atoms with Crippen LogP contribution in [0.3, 0.4) is 0 Å². The molecule has 0 saturated heterocycles. The van der Waals surface area contributed by atoms with Gasteiger partial charge in [0.2, 0.25) is 0 Å². The molecule has 3 nitrogen and oxygen atoms in total. The lowest BCUT2D eigenvalue weighted by atomic mass is 9.79. The van der Waals surface area contributed by atoms with Crippen molar-refractivity contribution in [1.29, 1.82) is 0 Å². The van der Waals surface area contributed by atoms with Crippen molar-refractivity contribution in [2.45, 2.75) is 57.1 Å². The molecular weight excluding hydrogens is 202 g/mol. The topological polar surface area (TPSA) is 52.5 Å². The highest BCUT2D eigenvalue weighted by atomic mass is 16.3. The molecule has 94 valence electrons. The summed E-state index contributed by atoms with van der Waals surface area (Å²) in [4.78, 5) is 0. The van der Waals surface area contributed by atoms with Crippen LogP contribution in [-0.2, 0) is 0 Å². The number of rotatable bonds is 4. The summed E-state index contributed by atoms with van der Waals surface area (Å²) in [5.41, 5.74) is 0. The minimum Gasteiger partial charge on any atom is -0.396 e. The van der Waals surface area contributed by atoms with Crippen molar-refractivity contribution in [3.8, 4) is 0 Å². The lowest BCUT2D eigenvalue weighted by Crippen LogP contribution is -2.41. The third kappa shape index (κ3) is 2.96. The van der Waals surface area contributed by atoms with Crippen LogP contribution in [0.5, 0.6) is 0 Å². The Morgan fingerprint density at radius 2 is 1.69 bits per heavy atom. The molecule has 2 rings (SSSR count). The zero-order valence-corrected chi connectivity index (χ0v) is 10.1. The summed E-state index contributed by atoms with van der Waals surface area (Å²) in [5, 5.41) is 22.6. The van der Waals surface area contributed by atoms with Crippen LogP contribution in [-0.4, -0.2) is 35.5 Å². The first-order valence-electron chi connectivity index (χ1n) is 6.83. The van der Waals surface area contributed by atoms with Crippen LogP contribution in [0.2, 0.25) is 0 Å². The molecule has 16 heavy (non-hydrogen) atoms. The van der Waals surface area contributed by atoms with Gasteiger partial charge in [0.15, 0.2) is 0 Å². The molecule has 0 aliphatic heterocycles. The molecule has 3 heteroatoms. The highest BCUT2D eigenvalue weighted by Gasteiger charge is 2.28. The van der Waals surface area contributed by atoms with Crippen LogP contribution < -0.4 is 5.32 Å². The molecule has 3 N–H and O–H groups in total. The maximum Gasteiger partial charge on any atom is 0.0693 e. The number of hydrogen-bond donors (Lipinski definition) is 3. The van der Waals surface area contributed by atoms with Crippen LogP contribution in [0.1, 0.15) is 44.9 Å². The predicted molar refractivity (Wildman–Crippen MR) is 64.2 cm³/mol. The Morgan fingerprint density at radius 1 is 0.938 bits per heavy atom. The highest BCUT2D eigenvalue weighted by Crippen LogP contribution is 2.29. The van der Waals surface area contributed by atoms with Crippen LogP contribution in [0.15, 0.2) is 0 Å². The van der Waals surface area contributed by atoms with Gasteiger partial charge in [0.05, 0.1) is 6.10 Å². The fraction of sp³-hybridized carbons (Fsp3) is 1.00. The lowest BCUT2D eigenvalue weighted by Gasteiger charge is -2.31. The second-order valence-corrected chi connectivity index (χ2v) is 5.50. The van der Waals surface area contributed by atoms with Crippen molar-refractivity contribution in [3.05, 3.63) is 0 Å². The molecule has 2 aliphatic carbocycles. The minimum atomic E-state index is -0.142. The SMILES string of the molecule is OCC1CCCCC1CN[C@H]1CCC[C@@H]1O. The fourth-order valence-electron chi connectivity index (χ4n) is 3.27. The summed E-state index contributed by atoms with van der Waals surface area (Å²) in [6.07, 6.45) is 8.05. The van der Waals surface area contributed by atoms with Gasteiger partial charge >= 0.3 is 0 Å². The van der Waals surface area contributed by atoms with Crippen molar-refractivity contribution in [3.63, 3.8) is 0 Å². The standard InChI is InChI=1S/C13H25NO2/c15-9-11-5-2-1-4-10(11)8-14-12-6-3-7-13(12)16/h10-16H,1-9H2/t10?,11?,12-,13-/m0/s1. The fourth-order valence-corrected chi connectivity index (χ4v) is 3.27. The van der Waals surface area contributed by atoms with Crippen LogP contribution in [0, 0.1) is 11.8 Å². The summed E-state index contributed by atoms with van der Waals surface area (Å²) in [6, 6.07) is 0.307. The van der Waals surface area contributed by atoms with Gasteiger partial charge in [0.1, 0.15) is 0 Å². The van der Waals surface area contributed by atoms with E-state index in [1.807, 2.05) is 0 Å². The van der Waals surface area contributed by atoms with E-state index in [0.717, 1.165) is 25.8 Å². The van der Waals surface area contributed by atoms with Gasteiger partial charge in [-0.3, -0.25) is 0 Å². The van der Waals surface area contributed by atoms with Crippen LogP contribution in [0.25, 0.3) is 0 Å². The number of aliphatic hydroxyl groups excluding tert-OH is 2. The molecule has 0 heterocycles. The van der Waals surface area contributed by atoms with E-state index in [2.05, 4.69) is 5.32 Å². The molecule has 0 aromatic carbocycles. The minimum absolute atomic E-state index is 0.142. The van der Waals surface area contributed by atoms with Gasteiger partial charge in [-0.05, 0) is 50.5 Å². The van der Waals surface area contributed by atoms with E-state index in [-0.39, 0.29) is 6.10 Å². The Labute approximate surface area is 98.2 Å². The van der Waals surface area contributed by atoms with E-state index in [9.17, 15) is 10.2 Å².